The monoisotopic (exact) mass is 261 g/mol. The van der Waals surface area contributed by atoms with Crippen LogP contribution in [-0.4, -0.2) is 49.8 Å². The van der Waals surface area contributed by atoms with Gasteiger partial charge in [0.25, 0.3) is 0 Å². The van der Waals surface area contributed by atoms with Gasteiger partial charge in [-0.25, -0.2) is 0 Å². The summed E-state index contributed by atoms with van der Waals surface area (Å²) in [4.78, 5) is 2.62. The van der Waals surface area contributed by atoms with Crippen molar-refractivity contribution in [3.63, 3.8) is 0 Å². The Bertz CT molecular complexity index is 160. The van der Waals surface area contributed by atoms with Gasteiger partial charge in [-0.1, -0.05) is 27.2 Å². The van der Waals surface area contributed by atoms with E-state index >= 15 is 0 Å². The lowest BCUT2D eigenvalue weighted by Gasteiger charge is -2.26. The van der Waals surface area contributed by atoms with Gasteiger partial charge in [-0.2, -0.15) is 11.8 Å². The van der Waals surface area contributed by atoms with Crippen LogP contribution in [0.4, 0.5) is 0 Å². The van der Waals surface area contributed by atoms with Crippen LogP contribution in [-0.2, 0) is 4.74 Å². The summed E-state index contributed by atoms with van der Waals surface area (Å²) in [5, 5.41) is 0. The van der Waals surface area contributed by atoms with Gasteiger partial charge in [0.2, 0.25) is 0 Å². The quantitative estimate of drug-likeness (QED) is 0.620. The standard InChI is InChI=1S/C13H27NOS.CH4/c1-13(6-10-15-2)5-3-4-7-14-8-11-16-12-9-14;/h13H,3-12H2,1-2H3;1H4. The van der Waals surface area contributed by atoms with Gasteiger partial charge in [0.15, 0.2) is 0 Å². The molecule has 1 aliphatic heterocycles. The Hall–Kier alpha value is 0.270. The average Bonchev–Trinajstić information content (AvgIpc) is 2.33. The number of hydrogen-bond acceptors (Lipinski definition) is 3. The molecule has 17 heavy (non-hydrogen) atoms. The van der Waals surface area contributed by atoms with Crippen LogP contribution >= 0.6 is 11.8 Å². The summed E-state index contributed by atoms with van der Waals surface area (Å²) < 4.78 is 5.10. The number of hydrogen-bond donors (Lipinski definition) is 0. The molecule has 1 unspecified atom stereocenters. The third kappa shape index (κ3) is 8.92. The summed E-state index contributed by atoms with van der Waals surface area (Å²) in [5.74, 6) is 3.51. The summed E-state index contributed by atoms with van der Waals surface area (Å²) in [6.45, 7) is 7.20. The number of nitrogens with zero attached hydrogens (tertiary/aromatic N) is 1. The van der Waals surface area contributed by atoms with Crippen LogP contribution in [0.2, 0.25) is 0 Å². The molecule has 0 aromatic heterocycles. The molecule has 2 nitrogen and oxygen atoms in total. The van der Waals surface area contributed by atoms with Crippen molar-refractivity contribution >= 4 is 11.8 Å². The van der Waals surface area contributed by atoms with Crippen molar-refractivity contribution in [2.75, 3.05) is 44.9 Å². The molecule has 0 radical (unpaired) electrons. The first-order valence-electron chi connectivity index (χ1n) is 6.62. The molecule has 0 aromatic rings. The van der Waals surface area contributed by atoms with Crippen molar-refractivity contribution in [2.45, 2.75) is 40.0 Å². The van der Waals surface area contributed by atoms with Crippen LogP contribution < -0.4 is 0 Å². The van der Waals surface area contributed by atoms with Crippen LogP contribution in [0.15, 0.2) is 0 Å². The maximum Gasteiger partial charge on any atom is 0.0464 e. The smallest absolute Gasteiger partial charge is 0.0464 e. The van der Waals surface area contributed by atoms with E-state index in [1.54, 1.807) is 7.11 Å². The van der Waals surface area contributed by atoms with E-state index < -0.39 is 0 Å². The maximum atomic E-state index is 5.10. The van der Waals surface area contributed by atoms with Crippen molar-refractivity contribution in [2.24, 2.45) is 5.92 Å². The van der Waals surface area contributed by atoms with E-state index in [9.17, 15) is 0 Å². The SMILES string of the molecule is C.COCCC(C)CCCCN1CCSCC1. The summed E-state index contributed by atoms with van der Waals surface area (Å²) in [5.41, 5.74) is 0. The molecule has 1 aliphatic rings. The first-order valence-corrected chi connectivity index (χ1v) is 7.77. The van der Waals surface area contributed by atoms with Gasteiger partial charge in [0.1, 0.15) is 0 Å². The molecule has 0 bridgehead atoms. The zero-order chi connectivity index (χ0) is 11.6. The molecule has 0 amide bonds. The van der Waals surface area contributed by atoms with E-state index in [1.165, 1.54) is 56.8 Å². The minimum Gasteiger partial charge on any atom is -0.385 e. The lowest BCUT2D eigenvalue weighted by atomic mass is 10.0. The topological polar surface area (TPSA) is 12.5 Å². The zero-order valence-electron chi connectivity index (χ0n) is 10.9. The van der Waals surface area contributed by atoms with Crippen molar-refractivity contribution in [1.29, 1.82) is 0 Å². The predicted molar refractivity (Wildman–Crippen MR) is 80.0 cm³/mol. The predicted octanol–water partition coefficient (Wildman–Crippen LogP) is 3.51. The van der Waals surface area contributed by atoms with E-state index in [4.69, 9.17) is 4.74 Å². The molecule has 0 N–H and O–H groups in total. The van der Waals surface area contributed by atoms with Crippen LogP contribution in [0.1, 0.15) is 40.0 Å². The Balaban J connectivity index is 0.00000256. The summed E-state index contributed by atoms with van der Waals surface area (Å²) in [7, 11) is 1.79. The number of rotatable bonds is 8. The van der Waals surface area contributed by atoms with E-state index in [-0.39, 0.29) is 7.43 Å². The first-order chi connectivity index (χ1) is 7.83. The number of thioether (sulfide) groups is 1. The van der Waals surface area contributed by atoms with Gasteiger partial charge >= 0.3 is 0 Å². The second-order valence-electron chi connectivity index (χ2n) is 4.84. The normalized spacial score (nSPS) is 18.7. The second-order valence-corrected chi connectivity index (χ2v) is 6.06. The van der Waals surface area contributed by atoms with E-state index in [0.29, 0.717) is 0 Å². The van der Waals surface area contributed by atoms with E-state index in [2.05, 4.69) is 23.6 Å². The number of ether oxygens (including phenoxy) is 1. The summed E-state index contributed by atoms with van der Waals surface area (Å²) >= 11 is 2.10. The molecular weight excluding hydrogens is 230 g/mol. The average molecular weight is 261 g/mol. The fourth-order valence-electron chi connectivity index (χ4n) is 2.12. The summed E-state index contributed by atoms with van der Waals surface area (Å²) in [6.07, 6.45) is 5.35. The van der Waals surface area contributed by atoms with Crippen LogP contribution in [0.5, 0.6) is 0 Å². The Morgan fingerprint density at radius 3 is 2.53 bits per heavy atom. The van der Waals surface area contributed by atoms with Gasteiger partial charge in [0, 0.05) is 38.3 Å². The number of unbranched alkanes of at least 4 members (excludes halogenated alkanes) is 1. The van der Waals surface area contributed by atoms with Gasteiger partial charge in [-0.3, -0.25) is 0 Å². The molecule has 0 aliphatic carbocycles. The molecule has 1 saturated heterocycles. The van der Waals surface area contributed by atoms with Gasteiger partial charge in [0.05, 0.1) is 0 Å². The lowest BCUT2D eigenvalue weighted by Crippen LogP contribution is -2.33. The number of methoxy groups -OCH3 is 1. The molecule has 1 atom stereocenters. The minimum absolute atomic E-state index is 0. The molecule has 0 saturated carbocycles. The van der Waals surface area contributed by atoms with Crippen molar-refractivity contribution in [3.8, 4) is 0 Å². The third-order valence-electron chi connectivity index (χ3n) is 3.34. The van der Waals surface area contributed by atoms with Crippen molar-refractivity contribution < 1.29 is 4.74 Å². The van der Waals surface area contributed by atoms with Crippen molar-refractivity contribution in [1.82, 2.24) is 4.90 Å². The van der Waals surface area contributed by atoms with Crippen molar-refractivity contribution in [3.05, 3.63) is 0 Å². The van der Waals surface area contributed by atoms with E-state index in [1.807, 2.05) is 0 Å². The first kappa shape index (κ1) is 17.3. The van der Waals surface area contributed by atoms with Gasteiger partial charge in [-0.15, -0.1) is 0 Å². The molecular formula is C14H31NOS. The highest BCUT2D eigenvalue weighted by molar-refractivity contribution is 7.99. The molecule has 1 heterocycles. The van der Waals surface area contributed by atoms with E-state index in [0.717, 1.165) is 12.5 Å². The largest absolute Gasteiger partial charge is 0.385 e. The molecule has 1 fully saturated rings. The fraction of sp³-hybridized carbons (Fsp3) is 1.00. The Kier molecular flexibility index (Phi) is 11.5. The van der Waals surface area contributed by atoms with Gasteiger partial charge < -0.3 is 9.64 Å². The Morgan fingerprint density at radius 2 is 1.88 bits per heavy atom. The van der Waals surface area contributed by atoms with Crippen LogP contribution in [0.3, 0.4) is 0 Å². The van der Waals surface area contributed by atoms with Crippen LogP contribution in [0, 0.1) is 5.92 Å². The zero-order valence-corrected chi connectivity index (χ0v) is 11.7. The fourth-order valence-corrected chi connectivity index (χ4v) is 3.10. The highest BCUT2D eigenvalue weighted by atomic mass is 32.2. The highest BCUT2D eigenvalue weighted by Gasteiger charge is 2.09. The molecule has 1 rings (SSSR count). The Labute approximate surface area is 112 Å². The third-order valence-corrected chi connectivity index (χ3v) is 4.28. The van der Waals surface area contributed by atoms with Crippen LogP contribution in [0.25, 0.3) is 0 Å². The van der Waals surface area contributed by atoms with Gasteiger partial charge in [-0.05, 0) is 25.3 Å². The molecule has 0 aromatic carbocycles. The Morgan fingerprint density at radius 1 is 1.18 bits per heavy atom. The highest BCUT2D eigenvalue weighted by Crippen LogP contribution is 2.14. The minimum atomic E-state index is 0. The molecule has 104 valence electrons. The maximum absolute atomic E-state index is 5.10. The lowest BCUT2D eigenvalue weighted by molar-refractivity contribution is 0.177. The molecule has 0 spiro atoms. The summed E-state index contributed by atoms with van der Waals surface area (Å²) in [6, 6.07) is 0. The second kappa shape index (κ2) is 11.4. The molecule has 3 heteroatoms.